The lowest BCUT2D eigenvalue weighted by Crippen LogP contribution is -2.55. The average Bonchev–Trinajstić information content (AvgIpc) is 2.80. The van der Waals surface area contributed by atoms with Crippen LogP contribution in [0.15, 0.2) is 43.0 Å². The van der Waals surface area contributed by atoms with Gasteiger partial charge in [0.1, 0.15) is 23.7 Å². The summed E-state index contributed by atoms with van der Waals surface area (Å²) >= 11 is 0. The summed E-state index contributed by atoms with van der Waals surface area (Å²) in [5.74, 6) is -0.546. The van der Waals surface area contributed by atoms with E-state index in [4.69, 9.17) is 4.74 Å². The van der Waals surface area contributed by atoms with E-state index in [9.17, 15) is 14.4 Å². The first-order valence-electron chi connectivity index (χ1n) is 11.1. The molecule has 1 aromatic carbocycles. The summed E-state index contributed by atoms with van der Waals surface area (Å²) in [5, 5.41) is 0. The van der Waals surface area contributed by atoms with Crippen molar-refractivity contribution in [1.29, 1.82) is 0 Å². The number of amides is 2. The zero-order valence-corrected chi connectivity index (χ0v) is 19.4. The molecule has 1 aliphatic heterocycles. The summed E-state index contributed by atoms with van der Waals surface area (Å²) in [6, 6.07) is 9.75. The third kappa shape index (κ3) is 5.83. The average molecular weight is 451 g/mol. The first-order valence-corrected chi connectivity index (χ1v) is 11.1. The predicted octanol–water partition coefficient (Wildman–Crippen LogP) is 2.74. The molecule has 8 nitrogen and oxygen atoms in total. The lowest BCUT2D eigenvalue weighted by molar-refractivity contribution is -0.135. The zero-order valence-electron chi connectivity index (χ0n) is 19.4. The summed E-state index contributed by atoms with van der Waals surface area (Å²) in [6.45, 7) is 9.98. The van der Waals surface area contributed by atoms with Gasteiger partial charge in [-0.2, -0.15) is 0 Å². The Balaban J connectivity index is 1.70. The van der Waals surface area contributed by atoms with Gasteiger partial charge in [0.25, 0.3) is 5.91 Å². The minimum atomic E-state index is -0.654. The number of carbonyl (C=O) groups excluding carboxylic acids is 3. The molecule has 33 heavy (non-hydrogen) atoms. The van der Waals surface area contributed by atoms with Gasteiger partial charge in [0.15, 0.2) is 0 Å². The van der Waals surface area contributed by atoms with Gasteiger partial charge in [-0.3, -0.25) is 9.59 Å². The lowest BCUT2D eigenvalue weighted by atomic mass is 10.1. The molecule has 1 atom stereocenters. The van der Waals surface area contributed by atoms with Gasteiger partial charge in [-0.05, 0) is 32.8 Å². The van der Waals surface area contributed by atoms with Crippen molar-refractivity contribution in [1.82, 2.24) is 19.8 Å². The summed E-state index contributed by atoms with van der Waals surface area (Å²) in [5.41, 5.74) is 1.62. The highest BCUT2D eigenvalue weighted by atomic mass is 16.5. The lowest BCUT2D eigenvalue weighted by Gasteiger charge is -2.40. The highest BCUT2D eigenvalue weighted by molar-refractivity contribution is 6.04. The van der Waals surface area contributed by atoms with E-state index in [1.807, 2.05) is 42.2 Å². The summed E-state index contributed by atoms with van der Waals surface area (Å²) < 4.78 is 5.15. The molecule has 3 rings (SSSR count). The van der Waals surface area contributed by atoms with Crippen LogP contribution >= 0.6 is 0 Å². The van der Waals surface area contributed by atoms with Crippen molar-refractivity contribution in [2.24, 2.45) is 0 Å². The number of carbonyl (C=O) groups is 3. The molecule has 2 heterocycles. The van der Waals surface area contributed by atoms with Crippen molar-refractivity contribution in [3.05, 3.63) is 71.3 Å². The number of hydrogen-bond donors (Lipinski definition) is 0. The van der Waals surface area contributed by atoms with Crippen molar-refractivity contribution in [3.8, 4) is 0 Å². The molecule has 8 heteroatoms. The van der Waals surface area contributed by atoms with Crippen LogP contribution in [-0.4, -0.2) is 69.8 Å². The fourth-order valence-corrected chi connectivity index (χ4v) is 4.02. The Hall–Kier alpha value is -3.55. The largest absolute Gasteiger partial charge is 0.458 e. The minimum absolute atomic E-state index is 0.0284. The molecule has 1 unspecified atom stereocenters. The van der Waals surface area contributed by atoms with Crippen LogP contribution in [0.5, 0.6) is 0 Å². The Morgan fingerprint density at radius 3 is 2.55 bits per heavy atom. The first kappa shape index (κ1) is 24.1. The van der Waals surface area contributed by atoms with E-state index in [1.165, 1.54) is 6.08 Å². The van der Waals surface area contributed by atoms with Crippen molar-refractivity contribution in [2.45, 2.75) is 39.7 Å². The fraction of sp³-hybridized carbons (Fsp3) is 0.400. The molecule has 2 amide bonds. The summed E-state index contributed by atoms with van der Waals surface area (Å²) in [7, 11) is 0. The Morgan fingerprint density at radius 1 is 1.15 bits per heavy atom. The highest BCUT2D eigenvalue weighted by Gasteiger charge is 2.33. The van der Waals surface area contributed by atoms with Gasteiger partial charge >= 0.3 is 5.97 Å². The molecule has 1 saturated heterocycles. The highest BCUT2D eigenvalue weighted by Crippen LogP contribution is 2.19. The summed E-state index contributed by atoms with van der Waals surface area (Å²) in [4.78, 5) is 50.7. The number of aromatic nitrogens is 2. The second-order valence-corrected chi connectivity index (χ2v) is 8.14. The number of piperazine rings is 1. The summed E-state index contributed by atoms with van der Waals surface area (Å²) in [6.07, 6.45) is 2.56. The molecule has 0 spiro atoms. The molecular weight excluding hydrogens is 420 g/mol. The van der Waals surface area contributed by atoms with Crippen molar-refractivity contribution >= 4 is 17.8 Å². The number of hydrogen-bond acceptors (Lipinski definition) is 6. The number of benzene rings is 1. The van der Waals surface area contributed by atoms with E-state index in [0.29, 0.717) is 44.0 Å². The van der Waals surface area contributed by atoms with Gasteiger partial charge in [0, 0.05) is 32.1 Å². The number of aryl methyl sites for hydroxylation is 3. The Labute approximate surface area is 194 Å². The third-order valence-electron chi connectivity index (χ3n) is 5.65. The van der Waals surface area contributed by atoms with Crippen molar-refractivity contribution < 1.29 is 19.1 Å². The van der Waals surface area contributed by atoms with Crippen LogP contribution in [-0.2, 0) is 16.0 Å². The van der Waals surface area contributed by atoms with Gasteiger partial charge in [0.2, 0.25) is 5.91 Å². The minimum Gasteiger partial charge on any atom is -0.458 e. The SMILES string of the molecule is C=CCOC(=O)c1c(C)nc(C)nc1C(=O)N1CCN(C(=O)CCc2ccccc2)C(C)C1. The standard InChI is InChI=1S/C25H30N4O4/c1-5-15-33-25(32)22-18(3)26-19(4)27-23(22)24(31)28-13-14-29(17(2)16-28)21(30)12-11-20-9-7-6-8-10-20/h5-10,17H,1,11-16H2,2-4H3. The van der Waals surface area contributed by atoms with Gasteiger partial charge in [-0.25, -0.2) is 14.8 Å². The van der Waals surface area contributed by atoms with E-state index in [-0.39, 0.29) is 35.7 Å². The molecule has 174 valence electrons. The van der Waals surface area contributed by atoms with Crippen LogP contribution in [0.2, 0.25) is 0 Å². The normalized spacial score (nSPS) is 15.8. The van der Waals surface area contributed by atoms with E-state index >= 15 is 0 Å². The molecule has 1 aromatic heterocycles. The quantitative estimate of drug-likeness (QED) is 0.476. The van der Waals surface area contributed by atoms with Gasteiger partial charge < -0.3 is 14.5 Å². The second-order valence-electron chi connectivity index (χ2n) is 8.14. The monoisotopic (exact) mass is 450 g/mol. The Morgan fingerprint density at radius 2 is 1.88 bits per heavy atom. The number of esters is 1. The molecule has 0 bridgehead atoms. The number of ether oxygens (including phenoxy) is 1. The molecular formula is C25H30N4O4. The van der Waals surface area contributed by atoms with Crippen LogP contribution < -0.4 is 0 Å². The van der Waals surface area contributed by atoms with Crippen LogP contribution in [0.3, 0.4) is 0 Å². The maximum atomic E-state index is 13.3. The second kappa shape index (κ2) is 10.8. The topological polar surface area (TPSA) is 92.7 Å². The van der Waals surface area contributed by atoms with Crippen molar-refractivity contribution in [3.63, 3.8) is 0 Å². The molecule has 2 aromatic rings. The molecule has 1 fully saturated rings. The number of rotatable bonds is 7. The van der Waals surface area contributed by atoms with Crippen LogP contribution in [0.1, 0.15) is 51.3 Å². The van der Waals surface area contributed by atoms with Crippen LogP contribution in [0, 0.1) is 13.8 Å². The Kier molecular flexibility index (Phi) is 7.92. The molecule has 0 saturated carbocycles. The maximum Gasteiger partial charge on any atom is 0.342 e. The third-order valence-corrected chi connectivity index (χ3v) is 5.65. The van der Waals surface area contributed by atoms with Crippen LogP contribution in [0.25, 0.3) is 0 Å². The number of nitrogens with zero attached hydrogens (tertiary/aromatic N) is 4. The molecule has 1 aliphatic rings. The van der Waals surface area contributed by atoms with Gasteiger partial charge in [-0.15, -0.1) is 0 Å². The van der Waals surface area contributed by atoms with Gasteiger partial charge in [-0.1, -0.05) is 43.0 Å². The predicted molar refractivity (Wildman–Crippen MR) is 124 cm³/mol. The van der Waals surface area contributed by atoms with E-state index in [1.54, 1.807) is 18.7 Å². The molecule has 0 N–H and O–H groups in total. The van der Waals surface area contributed by atoms with Crippen molar-refractivity contribution in [2.75, 3.05) is 26.2 Å². The molecule has 0 aliphatic carbocycles. The molecule has 0 radical (unpaired) electrons. The fourth-order valence-electron chi connectivity index (χ4n) is 4.02. The first-order chi connectivity index (χ1) is 15.8. The van der Waals surface area contributed by atoms with Gasteiger partial charge in [0.05, 0.1) is 5.69 Å². The van der Waals surface area contributed by atoms with E-state index in [2.05, 4.69) is 16.5 Å². The van der Waals surface area contributed by atoms with E-state index in [0.717, 1.165) is 5.56 Å². The van der Waals surface area contributed by atoms with Crippen LogP contribution in [0.4, 0.5) is 0 Å². The Bertz CT molecular complexity index is 1040. The van der Waals surface area contributed by atoms with E-state index < -0.39 is 5.97 Å². The zero-order chi connectivity index (χ0) is 24.0. The smallest absolute Gasteiger partial charge is 0.342 e. The maximum absolute atomic E-state index is 13.3.